The molecule has 0 aromatic rings. The van der Waals surface area contributed by atoms with Crippen LogP contribution in [0, 0.1) is 0 Å². The van der Waals surface area contributed by atoms with Crippen LogP contribution in [-0.2, 0) is 4.79 Å². The van der Waals surface area contributed by atoms with Crippen molar-refractivity contribution in [2.24, 2.45) is 0 Å². The zero-order valence-corrected chi connectivity index (χ0v) is 10.6. The van der Waals surface area contributed by atoms with Crippen LogP contribution in [0.1, 0.15) is 12.8 Å². The van der Waals surface area contributed by atoms with Gasteiger partial charge in [-0.05, 0) is 13.5 Å². The number of likely N-dealkylation sites (tertiary alicyclic amines) is 1. The summed E-state index contributed by atoms with van der Waals surface area (Å²) < 4.78 is 0. The summed E-state index contributed by atoms with van der Waals surface area (Å²) in [7, 11) is 2.13. The van der Waals surface area contributed by atoms with Gasteiger partial charge in [-0.25, -0.2) is 0 Å². The minimum Gasteiger partial charge on any atom is -0.391 e. The summed E-state index contributed by atoms with van der Waals surface area (Å²) in [5.74, 6) is 0.195. The first-order valence-electron chi connectivity index (χ1n) is 6.52. The van der Waals surface area contributed by atoms with Crippen LogP contribution in [0.25, 0.3) is 0 Å². The molecule has 17 heavy (non-hydrogen) atoms. The average molecular weight is 241 g/mol. The number of piperazine rings is 1. The van der Waals surface area contributed by atoms with Crippen LogP contribution >= 0.6 is 0 Å². The van der Waals surface area contributed by atoms with Crippen molar-refractivity contribution in [1.29, 1.82) is 0 Å². The molecule has 0 saturated carbocycles. The largest absolute Gasteiger partial charge is 0.391 e. The maximum Gasteiger partial charge on any atom is 0.223 e. The maximum absolute atomic E-state index is 11.9. The Morgan fingerprint density at radius 2 is 1.94 bits per heavy atom. The van der Waals surface area contributed by atoms with Crippen molar-refractivity contribution in [3.8, 4) is 0 Å². The van der Waals surface area contributed by atoms with Crippen LogP contribution < -0.4 is 0 Å². The zero-order valence-electron chi connectivity index (χ0n) is 10.6. The molecule has 0 aromatic carbocycles. The number of aliphatic hydroxyl groups is 1. The third kappa shape index (κ3) is 3.66. The molecule has 2 heterocycles. The smallest absolute Gasteiger partial charge is 0.223 e. The Balaban J connectivity index is 1.66. The first kappa shape index (κ1) is 12.8. The lowest BCUT2D eigenvalue weighted by molar-refractivity contribution is -0.130. The fourth-order valence-corrected chi connectivity index (χ4v) is 2.45. The highest BCUT2D eigenvalue weighted by molar-refractivity contribution is 5.76. The molecule has 1 amide bonds. The van der Waals surface area contributed by atoms with E-state index in [-0.39, 0.29) is 12.0 Å². The summed E-state index contributed by atoms with van der Waals surface area (Å²) in [6.07, 6.45) is 1.03. The van der Waals surface area contributed by atoms with Gasteiger partial charge < -0.3 is 19.8 Å². The van der Waals surface area contributed by atoms with Crippen molar-refractivity contribution >= 4 is 5.91 Å². The van der Waals surface area contributed by atoms with Crippen LogP contribution in [0.5, 0.6) is 0 Å². The van der Waals surface area contributed by atoms with Gasteiger partial charge in [-0.3, -0.25) is 4.79 Å². The minimum atomic E-state index is -0.303. The second-order valence-corrected chi connectivity index (χ2v) is 5.18. The molecule has 2 rings (SSSR count). The highest BCUT2D eigenvalue weighted by atomic mass is 16.3. The Bertz CT molecular complexity index is 264. The highest BCUT2D eigenvalue weighted by Gasteiger charge is 2.24. The van der Waals surface area contributed by atoms with Crippen molar-refractivity contribution in [2.75, 3.05) is 52.9 Å². The lowest BCUT2D eigenvalue weighted by Crippen LogP contribution is -2.45. The van der Waals surface area contributed by atoms with Crippen LogP contribution in [0.2, 0.25) is 0 Å². The molecule has 0 radical (unpaired) electrons. The summed E-state index contributed by atoms with van der Waals surface area (Å²) >= 11 is 0. The van der Waals surface area contributed by atoms with E-state index in [9.17, 15) is 9.90 Å². The van der Waals surface area contributed by atoms with Crippen LogP contribution in [-0.4, -0.2) is 84.7 Å². The molecular weight excluding hydrogens is 218 g/mol. The lowest BCUT2D eigenvalue weighted by Gasteiger charge is -2.32. The summed E-state index contributed by atoms with van der Waals surface area (Å²) in [4.78, 5) is 18.3. The molecule has 5 nitrogen and oxygen atoms in total. The molecule has 0 bridgehead atoms. The number of rotatable bonds is 3. The Morgan fingerprint density at radius 1 is 1.24 bits per heavy atom. The Kier molecular flexibility index (Phi) is 4.36. The van der Waals surface area contributed by atoms with Crippen molar-refractivity contribution in [2.45, 2.75) is 18.9 Å². The van der Waals surface area contributed by atoms with Gasteiger partial charge in [0.25, 0.3) is 0 Å². The van der Waals surface area contributed by atoms with Gasteiger partial charge in [0.1, 0.15) is 0 Å². The quantitative estimate of drug-likeness (QED) is 0.704. The van der Waals surface area contributed by atoms with E-state index < -0.39 is 0 Å². The number of carbonyl (C=O) groups excluding carboxylic acids is 1. The van der Waals surface area contributed by atoms with Crippen molar-refractivity contribution in [3.63, 3.8) is 0 Å². The molecule has 2 saturated heterocycles. The maximum atomic E-state index is 11.9. The molecule has 2 fully saturated rings. The molecule has 0 spiro atoms. The number of hydrogen-bond acceptors (Lipinski definition) is 4. The third-order valence-electron chi connectivity index (χ3n) is 3.75. The molecule has 2 aliphatic heterocycles. The molecule has 5 heteroatoms. The molecule has 1 atom stereocenters. The monoisotopic (exact) mass is 241 g/mol. The number of amides is 1. The predicted molar refractivity (Wildman–Crippen MR) is 65.8 cm³/mol. The van der Waals surface area contributed by atoms with E-state index >= 15 is 0 Å². The summed E-state index contributed by atoms with van der Waals surface area (Å²) in [5.41, 5.74) is 0. The van der Waals surface area contributed by atoms with E-state index in [4.69, 9.17) is 0 Å². The fraction of sp³-hybridized carbons (Fsp3) is 0.917. The molecule has 0 aliphatic carbocycles. The number of aliphatic hydroxyl groups excluding tert-OH is 1. The highest BCUT2D eigenvalue weighted by Crippen LogP contribution is 2.10. The molecule has 1 N–H and O–H groups in total. The second kappa shape index (κ2) is 5.80. The molecule has 0 aromatic heterocycles. The van der Waals surface area contributed by atoms with Crippen molar-refractivity contribution in [3.05, 3.63) is 0 Å². The first-order chi connectivity index (χ1) is 8.15. The molecule has 1 unspecified atom stereocenters. The van der Waals surface area contributed by atoms with Gasteiger partial charge in [0, 0.05) is 52.2 Å². The van der Waals surface area contributed by atoms with Crippen molar-refractivity contribution in [1.82, 2.24) is 14.7 Å². The number of β-amino-alcohol motifs (C(OH)–C–C–N with tert-alkyl or cyclic N) is 1. The predicted octanol–water partition coefficient (Wildman–Crippen LogP) is -0.783. The second-order valence-electron chi connectivity index (χ2n) is 5.18. The standard InChI is InChI=1S/C12H23N3O2/c1-13-6-8-14(9-7-13)4-3-12(17)15-5-2-11(16)10-15/h11,16H,2-10H2,1H3. The molecular formula is C12H23N3O2. The van der Waals surface area contributed by atoms with E-state index in [1.165, 1.54) is 0 Å². The SMILES string of the molecule is CN1CCN(CCC(=O)N2CCC(O)C2)CC1. The number of likely N-dealkylation sites (N-methyl/N-ethyl adjacent to an activating group) is 1. The van der Waals surface area contributed by atoms with Gasteiger partial charge >= 0.3 is 0 Å². The van der Waals surface area contributed by atoms with E-state index in [0.717, 1.165) is 45.7 Å². The van der Waals surface area contributed by atoms with E-state index in [2.05, 4.69) is 16.8 Å². The molecule has 98 valence electrons. The lowest BCUT2D eigenvalue weighted by atomic mass is 10.3. The normalized spacial score (nSPS) is 27.6. The summed E-state index contributed by atoms with van der Waals surface area (Å²) in [6, 6.07) is 0. The van der Waals surface area contributed by atoms with Gasteiger partial charge in [0.2, 0.25) is 5.91 Å². The van der Waals surface area contributed by atoms with Gasteiger partial charge in [-0.2, -0.15) is 0 Å². The Labute approximate surface area is 103 Å². The van der Waals surface area contributed by atoms with Crippen LogP contribution in [0.15, 0.2) is 0 Å². The van der Waals surface area contributed by atoms with Gasteiger partial charge in [0.05, 0.1) is 6.10 Å². The molecule has 2 aliphatic rings. The van der Waals surface area contributed by atoms with E-state index in [0.29, 0.717) is 13.0 Å². The fourth-order valence-electron chi connectivity index (χ4n) is 2.45. The van der Waals surface area contributed by atoms with Gasteiger partial charge in [-0.15, -0.1) is 0 Å². The summed E-state index contributed by atoms with van der Waals surface area (Å²) in [6.45, 7) is 6.43. The summed E-state index contributed by atoms with van der Waals surface area (Å²) in [5, 5.41) is 9.38. The minimum absolute atomic E-state index is 0.195. The topological polar surface area (TPSA) is 47.0 Å². The van der Waals surface area contributed by atoms with Crippen LogP contribution in [0.3, 0.4) is 0 Å². The Hall–Kier alpha value is -0.650. The van der Waals surface area contributed by atoms with Crippen molar-refractivity contribution < 1.29 is 9.90 Å². The number of carbonyl (C=O) groups is 1. The Morgan fingerprint density at radius 3 is 2.53 bits per heavy atom. The third-order valence-corrected chi connectivity index (χ3v) is 3.75. The van der Waals surface area contributed by atoms with Crippen LogP contribution in [0.4, 0.5) is 0 Å². The zero-order chi connectivity index (χ0) is 12.3. The van der Waals surface area contributed by atoms with Gasteiger partial charge in [0.15, 0.2) is 0 Å². The number of nitrogens with zero attached hydrogens (tertiary/aromatic N) is 3. The van der Waals surface area contributed by atoms with E-state index in [1.54, 1.807) is 4.90 Å². The first-order valence-corrected chi connectivity index (χ1v) is 6.52. The average Bonchev–Trinajstić information content (AvgIpc) is 2.75. The number of hydrogen-bond donors (Lipinski definition) is 1. The van der Waals surface area contributed by atoms with Gasteiger partial charge in [-0.1, -0.05) is 0 Å². The van der Waals surface area contributed by atoms with E-state index in [1.807, 2.05) is 0 Å².